The summed E-state index contributed by atoms with van der Waals surface area (Å²) in [7, 11) is 0. The summed E-state index contributed by atoms with van der Waals surface area (Å²) in [4.78, 5) is 20.5. The van der Waals surface area contributed by atoms with Crippen LogP contribution in [0, 0.1) is 12.7 Å². The highest BCUT2D eigenvalue weighted by Gasteiger charge is 2.37. The summed E-state index contributed by atoms with van der Waals surface area (Å²) < 4.78 is 63.9. The van der Waals surface area contributed by atoms with Gasteiger partial charge in [0.2, 0.25) is 5.88 Å². The first kappa shape index (κ1) is 27.3. The lowest BCUT2D eigenvalue weighted by molar-refractivity contribution is -0.0333. The molecule has 202 valence electrons. The highest BCUT2D eigenvalue weighted by Crippen LogP contribution is 2.38. The molecule has 2 aliphatic rings. The highest BCUT2D eigenvalue weighted by molar-refractivity contribution is 8.00. The quantitative estimate of drug-likeness (QED) is 0.504. The van der Waals surface area contributed by atoms with Crippen molar-refractivity contribution in [1.82, 2.24) is 9.88 Å². The van der Waals surface area contributed by atoms with Crippen LogP contribution < -0.4 is 15.0 Å². The number of urea groups is 1. The van der Waals surface area contributed by atoms with Gasteiger partial charge in [-0.1, -0.05) is 0 Å². The maximum atomic E-state index is 14.8. The van der Waals surface area contributed by atoms with Crippen molar-refractivity contribution in [1.29, 1.82) is 0 Å². The maximum Gasteiger partial charge on any atom is 0.442 e. The molecule has 1 atom stereocenters. The Morgan fingerprint density at radius 1 is 1.24 bits per heavy atom. The molecule has 2 fully saturated rings. The zero-order chi connectivity index (χ0) is 26.6. The van der Waals surface area contributed by atoms with E-state index < -0.39 is 22.6 Å². The number of hydrogen-bond donors (Lipinski definition) is 2. The van der Waals surface area contributed by atoms with Gasteiger partial charge in [-0.05, 0) is 60.0 Å². The fourth-order valence-electron chi connectivity index (χ4n) is 4.30. The van der Waals surface area contributed by atoms with Crippen LogP contribution in [0.3, 0.4) is 0 Å². The van der Waals surface area contributed by atoms with Crippen LogP contribution in [-0.2, 0) is 4.74 Å². The smallest absolute Gasteiger partial charge is 0.442 e. The fraction of sp³-hybridized carbons (Fsp3) is 0.500. The molecule has 0 bridgehead atoms. The number of ether oxygens (including phenoxy) is 2. The second-order valence-corrected chi connectivity index (χ2v) is 10.1. The minimum Gasteiger partial charge on any atom is -0.475 e. The van der Waals surface area contributed by atoms with Crippen LogP contribution in [0.2, 0.25) is 0 Å². The number of aryl methyl sites for hydroxylation is 1. The summed E-state index contributed by atoms with van der Waals surface area (Å²) >= 11 is -0.124. The predicted molar refractivity (Wildman–Crippen MR) is 133 cm³/mol. The van der Waals surface area contributed by atoms with Gasteiger partial charge in [-0.2, -0.15) is 18.2 Å². The number of aromatic nitrogens is 1. The lowest BCUT2D eigenvalue weighted by Crippen LogP contribution is -2.36. The molecule has 0 radical (unpaired) electrons. The number of nitrogens with zero attached hydrogens (tertiary/aromatic N) is 3. The van der Waals surface area contributed by atoms with Gasteiger partial charge in [-0.25, -0.2) is 9.18 Å². The number of aliphatic hydroxyl groups excluding tert-OH is 1. The summed E-state index contributed by atoms with van der Waals surface area (Å²) in [5.74, 6) is 0.259. The Hall–Kier alpha value is -2.77. The number of likely N-dealkylation sites (tertiary alicyclic amines) is 1. The normalized spacial score (nSPS) is 18.3. The average molecular weight is 545 g/mol. The van der Waals surface area contributed by atoms with Crippen molar-refractivity contribution in [3.63, 3.8) is 0 Å². The van der Waals surface area contributed by atoms with E-state index in [0.717, 1.165) is 0 Å². The third kappa shape index (κ3) is 7.17. The minimum absolute atomic E-state index is 0.0478. The number of anilines is 2. The molecule has 13 heteroatoms. The van der Waals surface area contributed by atoms with Gasteiger partial charge >= 0.3 is 11.5 Å². The molecule has 1 aromatic heterocycles. The molecular weight excluding hydrogens is 516 g/mol. The Morgan fingerprint density at radius 2 is 2.00 bits per heavy atom. The number of carbonyl (C=O) groups is 1. The Balaban J connectivity index is 1.58. The molecule has 2 aliphatic heterocycles. The molecule has 8 nitrogen and oxygen atoms in total. The predicted octanol–water partition coefficient (Wildman–Crippen LogP) is 4.26. The van der Waals surface area contributed by atoms with E-state index in [0.29, 0.717) is 48.8 Å². The number of aliphatic hydroxyl groups is 1. The number of nitrogens with one attached hydrogen (secondary N) is 1. The van der Waals surface area contributed by atoms with E-state index in [2.05, 4.69) is 10.3 Å². The number of carbonyl (C=O) groups excluding carboxylic acids is 1. The zero-order valence-corrected chi connectivity index (χ0v) is 21.0. The second kappa shape index (κ2) is 11.7. The van der Waals surface area contributed by atoms with Crippen molar-refractivity contribution in [2.24, 2.45) is 0 Å². The van der Waals surface area contributed by atoms with E-state index >= 15 is 0 Å². The van der Waals surface area contributed by atoms with E-state index in [4.69, 9.17) is 14.6 Å². The first-order valence-corrected chi connectivity index (χ1v) is 12.7. The zero-order valence-electron chi connectivity index (χ0n) is 20.2. The number of benzene rings is 1. The monoisotopic (exact) mass is 544 g/mol. The van der Waals surface area contributed by atoms with Gasteiger partial charge in [0.25, 0.3) is 0 Å². The Bertz CT molecular complexity index is 1110. The number of hydrogen-bond acceptors (Lipinski definition) is 7. The van der Waals surface area contributed by atoms with Crippen LogP contribution in [0.15, 0.2) is 24.3 Å². The number of rotatable bonds is 7. The Morgan fingerprint density at radius 3 is 2.70 bits per heavy atom. The SMILES string of the molecule is Cc1cc(F)c(NC(=O)N2CC[C@@H](SC(F)(F)F)C2)cc1-c1cc(OCCO)nc(N2CCOCC2)c1. The molecule has 2 amide bonds. The summed E-state index contributed by atoms with van der Waals surface area (Å²) in [6.45, 7) is 4.01. The van der Waals surface area contributed by atoms with Crippen LogP contribution in [0.5, 0.6) is 5.88 Å². The molecule has 2 saturated heterocycles. The molecule has 37 heavy (non-hydrogen) atoms. The van der Waals surface area contributed by atoms with Crippen LogP contribution in [0.4, 0.5) is 33.9 Å². The molecule has 1 aromatic carbocycles. The summed E-state index contributed by atoms with van der Waals surface area (Å²) in [5.41, 5.74) is -2.57. The molecule has 3 heterocycles. The molecular formula is C24H28F4N4O4S. The Labute approximate surface area is 215 Å². The van der Waals surface area contributed by atoms with E-state index in [1.807, 2.05) is 11.0 Å². The topological polar surface area (TPSA) is 87.2 Å². The van der Waals surface area contributed by atoms with E-state index in [1.165, 1.54) is 17.0 Å². The van der Waals surface area contributed by atoms with Gasteiger partial charge < -0.3 is 29.7 Å². The van der Waals surface area contributed by atoms with E-state index in [-0.39, 0.29) is 56.1 Å². The minimum atomic E-state index is -4.38. The summed E-state index contributed by atoms with van der Waals surface area (Å²) in [6.07, 6.45) is 0.206. The lowest BCUT2D eigenvalue weighted by Gasteiger charge is -2.28. The average Bonchev–Trinajstić information content (AvgIpc) is 3.31. The number of halogens is 4. The molecule has 0 saturated carbocycles. The first-order chi connectivity index (χ1) is 17.6. The van der Waals surface area contributed by atoms with Gasteiger partial charge in [-0.3, -0.25) is 0 Å². The van der Waals surface area contributed by atoms with Gasteiger partial charge in [0.15, 0.2) is 0 Å². The maximum absolute atomic E-state index is 14.8. The number of alkyl halides is 3. The van der Waals surface area contributed by atoms with Crippen LogP contribution in [0.1, 0.15) is 12.0 Å². The van der Waals surface area contributed by atoms with Crippen molar-refractivity contribution in [2.45, 2.75) is 24.1 Å². The van der Waals surface area contributed by atoms with Gasteiger partial charge in [0.1, 0.15) is 18.2 Å². The number of morpholine rings is 1. The summed E-state index contributed by atoms with van der Waals surface area (Å²) in [5, 5.41) is 10.9. The molecule has 0 unspecified atom stereocenters. The first-order valence-electron chi connectivity index (χ1n) is 11.8. The standard InChI is InChI=1S/C24H28F4N4O4S/c1-15-10-19(25)20(29-23(34)32-3-2-17(14-32)37-24(26,27)28)13-18(15)16-11-21(31-4-7-35-8-5-31)30-22(12-16)36-9-6-33/h10-13,17,33H,2-9,14H2,1H3,(H,29,34)/t17-/m1/s1. The van der Waals surface area contributed by atoms with Crippen molar-refractivity contribution < 1.29 is 36.9 Å². The molecule has 0 spiro atoms. The molecule has 2 aromatic rings. The van der Waals surface area contributed by atoms with Gasteiger partial charge in [0, 0.05) is 37.5 Å². The van der Waals surface area contributed by atoms with Crippen molar-refractivity contribution in [3.05, 3.63) is 35.6 Å². The lowest BCUT2D eigenvalue weighted by atomic mass is 10.00. The van der Waals surface area contributed by atoms with Gasteiger partial charge in [0.05, 0.1) is 25.5 Å². The number of amides is 2. The second-order valence-electron chi connectivity index (χ2n) is 8.72. The molecule has 2 N–H and O–H groups in total. The highest BCUT2D eigenvalue weighted by atomic mass is 32.2. The van der Waals surface area contributed by atoms with Crippen molar-refractivity contribution in [3.8, 4) is 17.0 Å². The third-order valence-corrected chi connectivity index (χ3v) is 7.05. The van der Waals surface area contributed by atoms with Crippen LogP contribution in [-0.4, -0.2) is 84.4 Å². The fourth-order valence-corrected chi connectivity index (χ4v) is 5.15. The summed E-state index contributed by atoms with van der Waals surface area (Å²) in [6, 6.07) is 5.64. The van der Waals surface area contributed by atoms with Gasteiger partial charge in [-0.15, -0.1) is 0 Å². The van der Waals surface area contributed by atoms with E-state index in [9.17, 15) is 22.4 Å². The van der Waals surface area contributed by atoms with Crippen LogP contribution in [0.25, 0.3) is 11.1 Å². The van der Waals surface area contributed by atoms with Crippen LogP contribution >= 0.6 is 11.8 Å². The Kier molecular flexibility index (Phi) is 8.65. The molecule has 4 rings (SSSR count). The molecule has 0 aliphatic carbocycles. The third-order valence-electron chi connectivity index (χ3n) is 6.06. The number of thioether (sulfide) groups is 1. The van der Waals surface area contributed by atoms with Crippen molar-refractivity contribution in [2.75, 3.05) is 62.8 Å². The number of pyridine rings is 1. The van der Waals surface area contributed by atoms with E-state index in [1.54, 1.807) is 13.0 Å². The van der Waals surface area contributed by atoms with Crippen molar-refractivity contribution >= 4 is 29.3 Å². The largest absolute Gasteiger partial charge is 0.475 e.